The molecule has 0 amide bonds. The highest BCUT2D eigenvalue weighted by Gasteiger charge is 2.20. The van der Waals surface area contributed by atoms with Gasteiger partial charge in [0.2, 0.25) is 0 Å². The lowest BCUT2D eigenvalue weighted by Crippen LogP contribution is -2.35. The first-order valence-electron chi connectivity index (χ1n) is 8.58. The Hall–Kier alpha value is -1.19. The zero-order valence-electron chi connectivity index (χ0n) is 13.8. The first-order chi connectivity index (χ1) is 11.2. The van der Waals surface area contributed by atoms with Crippen LogP contribution >= 0.6 is 15.9 Å². The van der Waals surface area contributed by atoms with Gasteiger partial charge in [-0.2, -0.15) is 0 Å². The molecule has 1 fully saturated rings. The quantitative estimate of drug-likeness (QED) is 0.759. The lowest BCUT2D eigenvalue weighted by Gasteiger charge is -2.32. The van der Waals surface area contributed by atoms with Crippen LogP contribution in [0.4, 0.5) is 0 Å². The molecule has 1 saturated heterocycles. The van der Waals surface area contributed by atoms with E-state index in [0.717, 1.165) is 18.9 Å². The van der Waals surface area contributed by atoms with Crippen LogP contribution in [0.5, 0.6) is 0 Å². The summed E-state index contributed by atoms with van der Waals surface area (Å²) in [4.78, 5) is 7.01. The number of likely N-dealkylation sites (tertiary alicyclic amines) is 1. The monoisotopic (exact) mass is 372 g/mol. The second-order valence-corrected chi connectivity index (χ2v) is 7.51. The van der Waals surface area contributed by atoms with Crippen molar-refractivity contribution >= 4 is 15.9 Å². The summed E-state index contributed by atoms with van der Waals surface area (Å²) in [7, 11) is 0. The van der Waals surface area contributed by atoms with Crippen molar-refractivity contribution in [2.75, 3.05) is 19.6 Å². The maximum atomic E-state index is 4.42. The van der Waals surface area contributed by atoms with Crippen molar-refractivity contribution in [1.82, 2.24) is 9.88 Å². The second kappa shape index (κ2) is 8.07. The van der Waals surface area contributed by atoms with Gasteiger partial charge in [-0.25, -0.2) is 0 Å². The van der Waals surface area contributed by atoms with Gasteiger partial charge in [0.15, 0.2) is 0 Å². The molecule has 0 spiro atoms. The number of piperidine rings is 1. The minimum absolute atomic E-state index is 0.819. The highest BCUT2D eigenvalue weighted by atomic mass is 79.9. The Morgan fingerprint density at radius 2 is 2.00 bits per heavy atom. The lowest BCUT2D eigenvalue weighted by atomic mass is 9.89. The predicted molar refractivity (Wildman–Crippen MR) is 99.7 cm³/mol. The van der Waals surface area contributed by atoms with E-state index < -0.39 is 0 Å². The zero-order chi connectivity index (χ0) is 16.1. The van der Waals surface area contributed by atoms with E-state index in [1.807, 2.05) is 12.3 Å². The number of rotatable bonds is 5. The van der Waals surface area contributed by atoms with Gasteiger partial charge in [0.05, 0.1) is 0 Å². The van der Waals surface area contributed by atoms with E-state index in [1.54, 1.807) is 0 Å². The molecule has 3 rings (SSSR count). The van der Waals surface area contributed by atoms with E-state index in [0.29, 0.717) is 0 Å². The fraction of sp³-hybridized carbons (Fsp3) is 0.450. The molecule has 122 valence electrons. The van der Waals surface area contributed by atoms with Crippen molar-refractivity contribution in [1.29, 1.82) is 0 Å². The summed E-state index contributed by atoms with van der Waals surface area (Å²) in [5.74, 6) is 0.819. The smallest absolute Gasteiger partial charge is 0.0416 e. The first kappa shape index (κ1) is 16.7. The fourth-order valence-electron chi connectivity index (χ4n) is 3.40. The van der Waals surface area contributed by atoms with Gasteiger partial charge in [0, 0.05) is 29.3 Å². The Kier molecular flexibility index (Phi) is 5.85. The van der Waals surface area contributed by atoms with Crippen LogP contribution in [0, 0.1) is 12.8 Å². The summed E-state index contributed by atoms with van der Waals surface area (Å²) in [5.41, 5.74) is 4.03. The molecular formula is C20H25BrN2. The molecule has 0 unspecified atom stereocenters. The Morgan fingerprint density at radius 1 is 1.17 bits per heavy atom. The number of benzene rings is 1. The van der Waals surface area contributed by atoms with E-state index in [4.69, 9.17) is 0 Å². The minimum atomic E-state index is 0.819. The molecule has 3 heteroatoms. The maximum absolute atomic E-state index is 4.42. The van der Waals surface area contributed by atoms with E-state index in [1.165, 1.54) is 53.6 Å². The van der Waals surface area contributed by atoms with Crippen LogP contribution < -0.4 is 0 Å². The van der Waals surface area contributed by atoms with Crippen molar-refractivity contribution in [3.63, 3.8) is 0 Å². The molecule has 0 aliphatic carbocycles. The molecule has 23 heavy (non-hydrogen) atoms. The number of aryl methyl sites for hydroxylation is 1. The third kappa shape index (κ3) is 4.89. The van der Waals surface area contributed by atoms with Crippen LogP contribution in [0.3, 0.4) is 0 Å². The third-order valence-electron chi connectivity index (χ3n) is 4.83. The van der Waals surface area contributed by atoms with Crippen LogP contribution in [0.15, 0.2) is 47.1 Å². The van der Waals surface area contributed by atoms with Gasteiger partial charge in [-0.3, -0.25) is 4.98 Å². The van der Waals surface area contributed by atoms with Gasteiger partial charge >= 0.3 is 0 Å². The molecule has 0 N–H and O–H groups in total. The van der Waals surface area contributed by atoms with Gasteiger partial charge in [-0.1, -0.05) is 39.7 Å². The van der Waals surface area contributed by atoms with Crippen molar-refractivity contribution in [3.05, 3.63) is 63.9 Å². The van der Waals surface area contributed by atoms with E-state index >= 15 is 0 Å². The summed E-state index contributed by atoms with van der Waals surface area (Å²) in [6, 6.07) is 12.9. The average molecular weight is 373 g/mol. The minimum Gasteiger partial charge on any atom is -0.303 e. The van der Waals surface area contributed by atoms with Crippen molar-refractivity contribution in [2.24, 2.45) is 5.92 Å². The van der Waals surface area contributed by atoms with E-state index in [2.05, 4.69) is 63.1 Å². The number of nitrogens with zero attached hydrogens (tertiary/aromatic N) is 2. The summed E-state index contributed by atoms with van der Waals surface area (Å²) < 4.78 is 1.26. The number of pyridine rings is 1. The average Bonchev–Trinajstić information content (AvgIpc) is 2.58. The molecule has 0 atom stereocenters. The van der Waals surface area contributed by atoms with Crippen LogP contribution in [0.2, 0.25) is 0 Å². The van der Waals surface area contributed by atoms with E-state index in [9.17, 15) is 0 Å². The van der Waals surface area contributed by atoms with Crippen LogP contribution in [-0.4, -0.2) is 29.5 Å². The summed E-state index contributed by atoms with van der Waals surface area (Å²) in [5, 5.41) is 0. The summed E-state index contributed by atoms with van der Waals surface area (Å²) in [6.45, 7) is 5.76. The topological polar surface area (TPSA) is 16.1 Å². The molecular weight excluding hydrogens is 348 g/mol. The largest absolute Gasteiger partial charge is 0.303 e. The van der Waals surface area contributed by atoms with Crippen molar-refractivity contribution < 1.29 is 0 Å². The van der Waals surface area contributed by atoms with Crippen LogP contribution in [-0.2, 0) is 12.8 Å². The number of hydrogen-bond acceptors (Lipinski definition) is 2. The van der Waals surface area contributed by atoms with Gasteiger partial charge in [0.1, 0.15) is 0 Å². The SMILES string of the molecule is Cc1ccc(Br)c(CC2CCN(CCc3ccccn3)CC2)c1. The molecule has 2 heterocycles. The third-order valence-corrected chi connectivity index (χ3v) is 5.60. The number of halogens is 1. The first-order valence-corrected chi connectivity index (χ1v) is 9.37. The Labute approximate surface area is 148 Å². The zero-order valence-corrected chi connectivity index (χ0v) is 15.4. The molecule has 1 aliphatic rings. The number of aromatic nitrogens is 1. The van der Waals surface area contributed by atoms with Gasteiger partial charge in [-0.05, 0) is 69.0 Å². The molecule has 1 aliphatic heterocycles. The molecule has 0 radical (unpaired) electrons. The highest BCUT2D eigenvalue weighted by molar-refractivity contribution is 9.10. The molecule has 2 aromatic rings. The Bertz CT molecular complexity index is 619. The molecule has 1 aromatic carbocycles. The molecule has 1 aromatic heterocycles. The van der Waals surface area contributed by atoms with Gasteiger partial charge in [0.25, 0.3) is 0 Å². The second-order valence-electron chi connectivity index (χ2n) is 6.66. The normalized spacial score (nSPS) is 16.6. The molecule has 0 bridgehead atoms. The van der Waals surface area contributed by atoms with Crippen LogP contribution in [0.25, 0.3) is 0 Å². The lowest BCUT2D eigenvalue weighted by molar-refractivity contribution is 0.185. The molecule has 0 saturated carbocycles. The van der Waals surface area contributed by atoms with Crippen LogP contribution in [0.1, 0.15) is 29.7 Å². The Morgan fingerprint density at radius 3 is 2.74 bits per heavy atom. The Balaban J connectivity index is 1.46. The summed E-state index contributed by atoms with van der Waals surface area (Å²) in [6.07, 6.45) is 6.78. The standard InChI is InChI=1S/C20H25BrN2/c1-16-5-6-20(21)18(14-16)15-17-7-11-23(12-8-17)13-9-19-4-2-3-10-22-19/h2-6,10,14,17H,7-9,11-13,15H2,1H3. The number of hydrogen-bond donors (Lipinski definition) is 0. The van der Waals surface area contributed by atoms with Gasteiger partial charge < -0.3 is 4.90 Å². The fourth-order valence-corrected chi connectivity index (χ4v) is 3.81. The van der Waals surface area contributed by atoms with Gasteiger partial charge in [-0.15, -0.1) is 0 Å². The highest BCUT2D eigenvalue weighted by Crippen LogP contribution is 2.26. The van der Waals surface area contributed by atoms with Crippen molar-refractivity contribution in [2.45, 2.75) is 32.6 Å². The predicted octanol–water partition coefficient (Wildman–Crippen LogP) is 4.65. The van der Waals surface area contributed by atoms with Crippen molar-refractivity contribution in [3.8, 4) is 0 Å². The summed E-state index contributed by atoms with van der Waals surface area (Å²) >= 11 is 3.70. The van der Waals surface area contributed by atoms with E-state index in [-0.39, 0.29) is 0 Å². The molecule has 2 nitrogen and oxygen atoms in total. The maximum Gasteiger partial charge on any atom is 0.0416 e.